The van der Waals surface area contributed by atoms with Gasteiger partial charge in [-0.05, 0) is 48.1 Å². The van der Waals surface area contributed by atoms with E-state index in [4.69, 9.17) is 11.6 Å². The van der Waals surface area contributed by atoms with Crippen molar-refractivity contribution >= 4 is 28.6 Å². The molecule has 0 saturated carbocycles. The molecule has 0 N–H and O–H groups in total. The van der Waals surface area contributed by atoms with Crippen molar-refractivity contribution in [3.63, 3.8) is 0 Å². The van der Waals surface area contributed by atoms with Crippen molar-refractivity contribution in [3.05, 3.63) is 51.2 Å². The molecule has 3 rings (SSSR count). The first-order valence-electron chi connectivity index (χ1n) is 6.48. The summed E-state index contributed by atoms with van der Waals surface area (Å²) in [6.07, 6.45) is 0.827. The van der Waals surface area contributed by atoms with E-state index in [2.05, 4.69) is 0 Å². The van der Waals surface area contributed by atoms with Crippen LogP contribution < -0.4 is 4.90 Å². The number of rotatable bonds is 2. The van der Waals surface area contributed by atoms with Crippen LogP contribution >= 0.6 is 22.9 Å². The fourth-order valence-corrected chi connectivity index (χ4v) is 3.90. The first-order chi connectivity index (χ1) is 9.61. The molecular formula is C15H14ClF2NS. The lowest BCUT2D eigenvalue weighted by molar-refractivity contribution is 0.541. The second kappa shape index (κ2) is 5.34. The van der Waals surface area contributed by atoms with Crippen molar-refractivity contribution in [1.82, 2.24) is 0 Å². The Balaban J connectivity index is 2.02. The Hall–Kier alpha value is -1.13. The molecule has 0 saturated heterocycles. The van der Waals surface area contributed by atoms with Crippen molar-refractivity contribution in [1.29, 1.82) is 0 Å². The lowest BCUT2D eigenvalue weighted by atomic mass is 10.00. The molecule has 1 aliphatic rings. The van der Waals surface area contributed by atoms with Gasteiger partial charge in [0.2, 0.25) is 0 Å². The van der Waals surface area contributed by atoms with Gasteiger partial charge in [0.1, 0.15) is 17.3 Å². The van der Waals surface area contributed by atoms with Crippen molar-refractivity contribution in [2.45, 2.75) is 25.3 Å². The topological polar surface area (TPSA) is 3.24 Å². The van der Waals surface area contributed by atoms with Gasteiger partial charge in [0, 0.05) is 17.3 Å². The number of alkyl halides is 1. The molecule has 0 bridgehead atoms. The minimum absolute atomic E-state index is 0.0177. The highest BCUT2D eigenvalue weighted by Gasteiger charge is 2.28. The van der Waals surface area contributed by atoms with Gasteiger partial charge in [0.05, 0.1) is 6.04 Å². The third-order valence-corrected chi connectivity index (χ3v) is 5.10. The molecule has 20 heavy (non-hydrogen) atoms. The van der Waals surface area contributed by atoms with Gasteiger partial charge in [0.25, 0.3) is 0 Å². The summed E-state index contributed by atoms with van der Waals surface area (Å²) in [7, 11) is 0. The number of hydrogen-bond acceptors (Lipinski definition) is 2. The number of thiophene rings is 1. The fraction of sp³-hybridized carbons (Fsp3) is 0.333. The third kappa shape index (κ3) is 2.21. The van der Waals surface area contributed by atoms with Crippen molar-refractivity contribution in [2.24, 2.45) is 0 Å². The number of halogens is 3. The second-order valence-corrected chi connectivity index (χ2v) is 6.23. The molecular weight excluding hydrogens is 300 g/mol. The number of fused-ring (bicyclic) bond motifs is 1. The monoisotopic (exact) mass is 313 g/mol. The number of benzene rings is 1. The molecule has 1 atom stereocenters. The van der Waals surface area contributed by atoms with Gasteiger partial charge in [0.15, 0.2) is 0 Å². The Morgan fingerprint density at radius 2 is 2.05 bits per heavy atom. The summed E-state index contributed by atoms with van der Waals surface area (Å²) in [6.45, 7) is 2.61. The molecule has 0 fully saturated rings. The van der Waals surface area contributed by atoms with E-state index >= 15 is 0 Å². The van der Waals surface area contributed by atoms with Crippen LogP contribution in [-0.2, 0) is 12.3 Å². The fourth-order valence-electron chi connectivity index (χ4n) is 2.78. The summed E-state index contributed by atoms with van der Waals surface area (Å²) >= 11 is 7.35. The van der Waals surface area contributed by atoms with E-state index in [-0.39, 0.29) is 17.6 Å². The predicted molar refractivity (Wildman–Crippen MR) is 79.7 cm³/mol. The molecule has 5 heteroatoms. The maximum atomic E-state index is 14.2. The predicted octanol–water partition coefficient (Wildman–Crippen LogP) is 4.89. The summed E-state index contributed by atoms with van der Waals surface area (Å²) in [5.74, 6) is -0.962. The summed E-state index contributed by atoms with van der Waals surface area (Å²) < 4.78 is 28.4. The van der Waals surface area contributed by atoms with E-state index in [1.165, 1.54) is 22.6 Å². The molecule has 1 nitrogen and oxygen atoms in total. The maximum absolute atomic E-state index is 14.2. The van der Waals surface area contributed by atoms with E-state index in [1.807, 2.05) is 18.4 Å². The second-order valence-electron chi connectivity index (χ2n) is 4.96. The Kier molecular flexibility index (Phi) is 3.69. The van der Waals surface area contributed by atoms with E-state index in [0.29, 0.717) is 12.1 Å². The standard InChI is InChI=1S/C15H14ClF2NS/c1-9-11-3-5-20-14(11)2-4-19(9)15-12(17)6-10(8-16)7-13(15)18/h3,5-7,9H,2,4,8H2,1H3. The SMILES string of the molecule is CC1c2ccsc2CCN1c1c(F)cc(CCl)cc1F. The van der Waals surface area contributed by atoms with Crippen LogP contribution in [0.5, 0.6) is 0 Å². The molecule has 0 radical (unpaired) electrons. The van der Waals surface area contributed by atoms with E-state index in [1.54, 1.807) is 16.2 Å². The molecule has 1 aliphatic heterocycles. The van der Waals surface area contributed by atoms with Gasteiger partial charge in [-0.25, -0.2) is 8.78 Å². The first-order valence-corrected chi connectivity index (χ1v) is 7.90. The van der Waals surface area contributed by atoms with Gasteiger partial charge in [-0.15, -0.1) is 22.9 Å². The lowest BCUT2D eigenvalue weighted by Crippen LogP contribution is -2.34. The van der Waals surface area contributed by atoms with Crippen molar-refractivity contribution in [2.75, 3.05) is 11.4 Å². The molecule has 1 aromatic carbocycles. The van der Waals surface area contributed by atoms with Crippen LogP contribution in [0.3, 0.4) is 0 Å². The quantitative estimate of drug-likeness (QED) is 0.714. The minimum atomic E-state index is -0.536. The highest BCUT2D eigenvalue weighted by atomic mass is 35.5. The van der Waals surface area contributed by atoms with Crippen molar-refractivity contribution < 1.29 is 8.78 Å². The number of nitrogens with zero attached hydrogens (tertiary/aromatic N) is 1. The lowest BCUT2D eigenvalue weighted by Gasteiger charge is -2.36. The van der Waals surface area contributed by atoms with Crippen LogP contribution in [0.1, 0.15) is 29.0 Å². The highest BCUT2D eigenvalue weighted by Crippen LogP contribution is 2.38. The summed E-state index contributed by atoms with van der Waals surface area (Å²) in [5, 5.41) is 2.04. The van der Waals surface area contributed by atoms with Gasteiger partial charge < -0.3 is 4.90 Å². The smallest absolute Gasteiger partial charge is 0.149 e. The molecule has 0 aliphatic carbocycles. The zero-order valence-corrected chi connectivity index (χ0v) is 12.6. The average Bonchev–Trinajstić information content (AvgIpc) is 2.89. The normalized spacial score (nSPS) is 18.2. The van der Waals surface area contributed by atoms with Gasteiger partial charge in [-0.3, -0.25) is 0 Å². The summed E-state index contributed by atoms with van der Waals surface area (Å²) in [5.41, 5.74) is 1.69. The molecule has 106 valence electrons. The van der Waals surface area contributed by atoms with Gasteiger partial charge >= 0.3 is 0 Å². The van der Waals surface area contributed by atoms with Crippen LogP contribution in [0.25, 0.3) is 0 Å². The Labute approximate surface area is 125 Å². The molecule has 1 aromatic heterocycles. The van der Waals surface area contributed by atoms with Crippen LogP contribution in [0.15, 0.2) is 23.6 Å². The Morgan fingerprint density at radius 3 is 2.70 bits per heavy atom. The molecule has 0 spiro atoms. The summed E-state index contributed by atoms with van der Waals surface area (Å²) in [6, 6.07) is 4.67. The number of anilines is 1. The average molecular weight is 314 g/mol. The third-order valence-electron chi connectivity index (χ3n) is 3.80. The maximum Gasteiger partial charge on any atom is 0.149 e. The van der Waals surface area contributed by atoms with E-state index < -0.39 is 11.6 Å². The van der Waals surface area contributed by atoms with Gasteiger partial charge in [-0.1, -0.05) is 0 Å². The molecule has 2 heterocycles. The van der Waals surface area contributed by atoms with Gasteiger partial charge in [-0.2, -0.15) is 0 Å². The molecule has 2 aromatic rings. The van der Waals surface area contributed by atoms with Crippen molar-refractivity contribution in [3.8, 4) is 0 Å². The Morgan fingerprint density at radius 1 is 1.35 bits per heavy atom. The first kappa shape index (κ1) is 13.8. The van der Waals surface area contributed by atoms with Crippen LogP contribution in [-0.4, -0.2) is 6.54 Å². The zero-order chi connectivity index (χ0) is 14.3. The zero-order valence-electron chi connectivity index (χ0n) is 11.0. The van der Waals surface area contributed by atoms with Crippen LogP contribution in [0.4, 0.5) is 14.5 Å². The Bertz CT molecular complexity index is 618. The molecule has 1 unspecified atom stereocenters. The minimum Gasteiger partial charge on any atom is -0.360 e. The van der Waals surface area contributed by atoms with Crippen LogP contribution in [0.2, 0.25) is 0 Å². The van der Waals surface area contributed by atoms with Crippen LogP contribution in [0, 0.1) is 11.6 Å². The van der Waals surface area contributed by atoms with E-state index in [9.17, 15) is 8.78 Å². The highest BCUT2D eigenvalue weighted by molar-refractivity contribution is 7.10. The molecule has 0 amide bonds. The largest absolute Gasteiger partial charge is 0.360 e. The summed E-state index contributed by atoms with van der Waals surface area (Å²) in [4.78, 5) is 3.12. The van der Waals surface area contributed by atoms with E-state index in [0.717, 1.165) is 6.42 Å². The number of hydrogen-bond donors (Lipinski definition) is 0.